The number of carbonyl (C=O) groups excluding carboxylic acids is 1. The van der Waals surface area contributed by atoms with Gasteiger partial charge in [0.25, 0.3) is 5.91 Å². The Kier molecular flexibility index (Phi) is 7.66. The number of ether oxygens (including phenoxy) is 1. The smallest absolute Gasteiger partial charge is 0.253 e. The Morgan fingerprint density at radius 3 is 2.60 bits per heavy atom. The largest absolute Gasteiger partial charge is 0.378 e. The summed E-state index contributed by atoms with van der Waals surface area (Å²) in [6.07, 6.45) is 5.66. The molecule has 0 spiro atoms. The fraction of sp³-hybridized carbons (Fsp3) is 0.500. The number of hydrogen-bond donors (Lipinski definition) is 2. The van der Waals surface area contributed by atoms with Crippen molar-refractivity contribution in [3.05, 3.63) is 36.2 Å². The molecule has 2 saturated heterocycles. The van der Waals surface area contributed by atoms with Gasteiger partial charge in [-0.3, -0.25) is 9.69 Å². The van der Waals surface area contributed by atoms with Gasteiger partial charge in [0.1, 0.15) is 0 Å². The summed E-state index contributed by atoms with van der Waals surface area (Å²) in [6, 6.07) is 6.36. The lowest BCUT2D eigenvalue weighted by Crippen LogP contribution is -2.57. The van der Waals surface area contributed by atoms with Crippen LogP contribution in [0, 0.1) is 5.92 Å². The fourth-order valence-corrected chi connectivity index (χ4v) is 5.38. The molecule has 2 aromatic heterocycles. The molecule has 9 nitrogen and oxygen atoms in total. The number of piperazine rings is 1. The molecule has 2 aliphatic heterocycles. The van der Waals surface area contributed by atoms with Gasteiger partial charge in [0, 0.05) is 62.1 Å². The van der Waals surface area contributed by atoms with Crippen molar-refractivity contribution in [3.63, 3.8) is 0 Å². The number of amides is 1. The Balaban J connectivity index is 1.12. The SMILES string of the molecule is CSc1cnc(NC[C@H](C)CNc2nc3ccc(C(=O)N4CCN(C5COC5)CC4)cc3s2)nc1. The maximum atomic E-state index is 13.1. The second-order valence-corrected chi connectivity index (χ2v) is 10.9. The molecule has 1 atom stereocenters. The Bertz CT molecular complexity index is 1140. The quantitative estimate of drug-likeness (QED) is 0.419. The molecule has 2 N–H and O–H groups in total. The number of fused-ring (bicyclic) bond motifs is 1. The zero-order valence-electron chi connectivity index (χ0n) is 20.1. The van der Waals surface area contributed by atoms with Gasteiger partial charge in [-0.2, -0.15) is 0 Å². The summed E-state index contributed by atoms with van der Waals surface area (Å²) in [5.74, 6) is 1.10. The lowest BCUT2D eigenvalue weighted by atomic mass is 10.1. The molecule has 0 bridgehead atoms. The van der Waals surface area contributed by atoms with E-state index in [4.69, 9.17) is 9.72 Å². The molecule has 2 aliphatic rings. The zero-order chi connectivity index (χ0) is 24.2. The Labute approximate surface area is 213 Å². The minimum atomic E-state index is 0.104. The molecule has 0 unspecified atom stereocenters. The van der Waals surface area contributed by atoms with Crippen molar-refractivity contribution in [3.8, 4) is 0 Å². The molecule has 5 rings (SSSR count). The molecule has 4 heterocycles. The normalized spacial score (nSPS) is 17.8. The molecular formula is C24H31N7O2S2. The van der Waals surface area contributed by atoms with Gasteiger partial charge in [0.2, 0.25) is 5.95 Å². The summed E-state index contributed by atoms with van der Waals surface area (Å²) in [4.78, 5) is 31.9. The van der Waals surface area contributed by atoms with Crippen LogP contribution in [0.15, 0.2) is 35.5 Å². The third-order valence-electron chi connectivity index (χ3n) is 6.45. The van der Waals surface area contributed by atoms with Gasteiger partial charge in [-0.05, 0) is 30.4 Å². The first-order valence-corrected chi connectivity index (χ1v) is 14.0. The number of hydrogen-bond acceptors (Lipinski definition) is 10. The molecule has 0 aliphatic carbocycles. The van der Waals surface area contributed by atoms with E-state index in [1.807, 2.05) is 41.7 Å². The minimum absolute atomic E-state index is 0.104. The molecular weight excluding hydrogens is 482 g/mol. The van der Waals surface area contributed by atoms with Crippen LogP contribution in [-0.4, -0.2) is 95.4 Å². The van der Waals surface area contributed by atoms with Gasteiger partial charge in [-0.1, -0.05) is 18.3 Å². The fourth-order valence-electron chi connectivity index (χ4n) is 4.15. The maximum Gasteiger partial charge on any atom is 0.253 e. The average Bonchev–Trinajstić information content (AvgIpc) is 3.28. The van der Waals surface area contributed by atoms with E-state index in [1.54, 1.807) is 23.1 Å². The number of anilines is 2. The Morgan fingerprint density at radius 1 is 1.17 bits per heavy atom. The summed E-state index contributed by atoms with van der Waals surface area (Å²) < 4.78 is 6.33. The third kappa shape index (κ3) is 5.85. The van der Waals surface area contributed by atoms with E-state index >= 15 is 0 Å². The molecule has 0 radical (unpaired) electrons. The Hall–Kier alpha value is -2.47. The van der Waals surface area contributed by atoms with Crippen LogP contribution >= 0.6 is 23.1 Å². The highest BCUT2D eigenvalue weighted by atomic mass is 32.2. The number of carbonyl (C=O) groups is 1. The van der Waals surface area contributed by atoms with Crippen LogP contribution in [0.3, 0.4) is 0 Å². The lowest BCUT2D eigenvalue weighted by molar-refractivity contribution is -0.0746. The highest BCUT2D eigenvalue weighted by molar-refractivity contribution is 7.98. The van der Waals surface area contributed by atoms with E-state index in [1.165, 1.54) is 0 Å². The highest BCUT2D eigenvalue weighted by Gasteiger charge is 2.30. The van der Waals surface area contributed by atoms with Crippen molar-refractivity contribution in [1.29, 1.82) is 0 Å². The summed E-state index contributed by atoms with van der Waals surface area (Å²) in [7, 11) is 0. The standard InChI is InChI=1S/C24H31N7O2S2/c1-16(10-25-23-26-12-19(34-2)13-27-23)11-28-24-29-20-4-3-17(9-21(20)35-24)22(32)31-7-5-30(6-8-31)18-14-33-15-18/h3-4,9,12-13,16,18H,5-8,10-11,14-15H2,1-2H3,(H,28,29)(H,25,26,27)/t16-/m0/s1. The van der Waals surface area contributed by atoms with Crippen molar-refractivity contribution in [1.82, 2.24) is 24.8 Å². The van der Waals surface area contributed by atoms with Crippen LogP contribution in [-0.2, 0) is 4.74 Å². The number of nitrogens with zero attached hydrogens (tertiary/aromatic N) is 5. The molecule has 1 amide bonds. The highest BCUT2D eigenvalue weighted by Crippen LogP contribution is 2.28. The van der Waals surface area contributed by atoms with E-state index in [2.05, 4.69) is 32.4 Å². The van der Waals surface area contributed by atoms with Crippen LogP contribution in [0.4, 0.5) is 11.1 Å². The van der Waals surface area contributed by atoms with Gasteiger partial charge in [0.15, 0.2) is 5.13 Å². The van der Waals surface area contributed by atoms with Gasteiger partial charge in [-0.25, -0.2) is 15.0 Å². The van der Waals surface area contributed by atoms with Crippen LogP contribution in [0.1, 0.15) is 17.3 Å². The van der Waals surface area contributed by atoms with Crippen LogP contribution in [0.5, 0.6) is 0 Å². The van der Waals surface area contributed by atoms with Crippen molar-refractivity contribution in [2.75, 3.05) is 69.4 Å². The second kappa shape index (κ2) is 11.1. The lowest BCUT2D eigenvalue weighted by Gasteiger charge is -2.42. The molecule has 35 heavy (non-hydrogen) atoms. The average molecular weight is 514 g/mol. The first-order chi connectivity index (χ1) is 17.1. The van der Waals surface area contributed by atoms with Crippen molar-refractivity contribution >= 4 is 50.3 Å². The van der Waals surface area contributed by atoms with Gasteiger partial charge in [-0.15, -0.1) is 11.8 Å². The first kappa shape index (κ1) is 24.2. The zero-order valence-corrected chi connectivity index (χ0v) is 21.7. The number of benzene rings is 1. The van der Waals surface area contributed by atoms with Gasteiger partial charge in [0.05, 0.1) is 29.5 Å². The Morgan fingerprint density at radius 2 is 1.91 bits per heavy atom. The predicted octanol–water partition coefficient (Wildman–Crippen LogP) is 3.12. The minimum Gasteiger partial charge on any atom is -0.378 e. The topological polar surface area (TPSA) is 95.5 Å². The summed E-state index contributed by atoms with van der Waals surface area (Å²) >= 11 is 3.22. The molecule has 0 saturated carbocycles. The number of nitrogens with one attached hydrogen (secondary N) is 2. The maximum absolute atomic E-state index is 13.1. The molecule has 11 heteroatoms. The number of thiazole rings is 1. The van der Waals surface area contributed by atoms with Crippen molar-refractivity contribution in [2.45, 2.75) is 17.9 Å². The van der Waals surface area contributed by atoms with E-state index in [0.29, 0.717) is 17.9 Å². The number of aromatic nitrogens is 3. The van der Waals surface area contributed by atoms with E-state index in [0.717, 1.165) is 78.3 Å². The first-order valence-electron chi connectivity index (χ1n) is 11.9. The summed E-state index contributed by atoms with van der Waals surface area (Å²) in [6.45, 7) is 8.71. The molecule has 1 aromatic carbocycles. The third-order valence-corrected chi connectivity index (χ3v) is 8.11. The van der Waals surface area contributed by atoms with Crippen LogP contribution < -0.4 is 10.6 Å². The molecule has 186 valence electrons. The van der Waals surface area contributed by atoms with E-state index in [-0.39, 0.29) is 5.91 Å². The molecule has 3 aromatic rings. The van der Waals surface area contributed by atoms with Crippen LogP contribution in [0.2, 0.25) is 0 Å². The monoisotopic (exact) mass is 513 g/mol. The van der Waals surface area contributed by atoms with Crippen molar-refractivity contribution in [2.24, 2.45) is 5.92 Å². The van der Waals surface area contributed by atoms with Gasteiger partial charge < -0.3 is 20.3 Å². The van der Waals surface area contributed by atoms with E-state index in [9.17, 15) is 4.79 Å². The summed E-state index contributed by atoms with van der Waals surface area (Å²) in [5, 5.41) is 7.59. The van der Waals surface area contributed by atoms with Crippen LogP contribution in [0.25, 0.3) is 10.2 Å². The van der Waals surface area contributed by atoms with E-state index < -0.39 is 0 Å². The molecule has 2 fully saturated rings. The second-order valence-electron chi connectivity index (χ2n) is 9.03. The predicted molar refractivity (Wildman–Crippen MR) is 142 cm³/mol. The van der Waals surface area contributed by atoms with Crippen molar-refractivity contribution < 1.29 is 9.53 Å². The number of rotatable bonds is 9. The van der Waals surface area contributed by atoms with Gasteiger partial charge >= 0.3 is 0 Å². The number of thioether (sulfide) groups is 1. The summed E-state index contributed by atoms with van der Waals surface area (Å²) in [5.41, 5.74) is 1.65.